The first-order chi connectivity index (χ1) is 8.90. The number of sulfonamides is 1. The number of rotatable bonds is 7. The Kier molecular flexibility index (Phi) is 5.82. The molecule has 0 amide bonds. The van der Waals surface area contributed by atoms with Crippen molar-refractivity contribution in [1.29, 1.82) is 0 Å². The molecule has 1 rings (SSSR count). The van der Waals surface area contributed by atoms with Crippen LogP contribution >= 0.6 is 11.8 Å². The van der Waals surface area contributed by atoms with E-state index in [-0.39, 0.29) is 9.64 Å². The van der Waals surface area contributed by atoms with Gasteiger partial charge in [-0.15, -0.1) is 0 Å². The molecule has 0 unspecified atom stereocenters. The predicted octanol–water partition coefficient (Wildman–Crippen LogP) is 3.03. The second-order valence-corrected chi connectivity index (χ2v) is 7.36. The van der Waals surface area contributed by atoms with Gasteiger partial charge in [-0.2, -0.15) is 11.8 Å². The highest BCUT2D eigenvalue weighted by Crippen LogP contribution is 2.30. The van der Waals surface area contributed by atoms with Gasteiger partial charge in [0.15, 0.2) is 0 Å². The molecule has 6 heteroatoms. The number of thioether (sulfide) groups is 1. The summed E-state index contributed by atoms with van der Waals surface area (Å²) in [6.07, 6.45) is 3.67. The maximum atomic E-state index is 13.5. The first-order valence-corrected chi connectivity index (χ1v) is 8.91. The quantitative estimate of drug-likeness (QED) is 0.842. The average molecular weight is 305 g/mol. The Labute approximate surface area is 119 Å². The highest BCUT2D eigenvalue weighted by atomic mass is 32.2. The minimum atomic E-state index is -3.79. The molecule has 0 aliphatic heterocycles. The van der Waals surface area contributed by atoms with Crippen molar-refractivity contribution in [3.8, 4) is 0 Å². The lowest BCUT2D eigenvalue weighted by Crippen LogP contribution is -2.39. The molecule has 0 radical (unpaired) electrons. The van der Waals surface area contributed by atoms with Gasteiger partial charge in [0.2, 0.25) is 10.0 Å². The predicted molar refractivity (Wildman–Crippen MR) is 78.4 cm³/mol. The second-order valence-electron chi connectivity index (χ2n) is 4.35. The first-order valence-electron chi connectivity index (χ1n) is 6.20. The van der Waals surface area contributed by atoms with Crippen molar-refractivity contribution in [2.24, 2.45) is 0 Å². The molecule has 0 saturated heterocycles. The number of nitrogens with one attached hydrogen (secondary N) is 1. The summed E-state index contributed by atoms with van der Waals surface area (Å²) in [5.41, 5.74) is 0. The Morgan fingerprint density at radius 2 is 1.84 bits per heavy atom. The van der Waals surface area contributed by atoms with Gasteiger partial charge >= 0.3 is 0 Å². The lowest BCUT2D eigenvalue weighted by atomic mass is 10.0. The molecule has 1 aromatic carbocycles. The van der Waals surface area contributed by atoms with E-state index in [0.29, 0.717) is 6.54 Å². The lowest BCUT2D eigenvalue weighted by molar-refractivity contribution is 0.516. The van der Waals surface area contributed by atoms with Crippen LogP contribution in [0.4, 0.5) is 4.39 Å². The molecule has 1 N–H and O–H groups in total. The van der Waals surface area contributed by atoms with Crippen molar-refractivity contribution in [3.05, 3.63) is 30.1 Å². The highest BCUT2D eigenvalue weighted by molar-refractivity contribution is 8.00. The Bertz CT molecular complexity index is 505. The van der Waals surface area contributed by atoms with Crippen LogP contribution in [0.25, 0.3) is 0 Å². The van der Waals surface area contributed by atoms with Gasteiger partial charge in [-0.25, -0.2) is 17.5 Å². The van der Waals surface area contributed by atoms with E-state index in [1.807, 2.05) is 20.1 Å². The van der Waals surface area contributed by atoms with Crippen molar-refractivity contribution in [1.82, 2.24) is 4.72 Å². The monoisotopic (exact) mass is 305 g/mol. The van der Waals surface area contributed by atoms with E-state index in [0.717, 1.165) is 18.9 Å². The van der Waals surface area contributed by atoms with Gasteiger partial charge in [-0.3, -0.25) is 0 Å². The van der Waals surface area contributed by atoms with Crippen LogP contribution in [0.1, 0.15) is 26.7 Å². The van der Waals surface area contributed by atoms with E-state index in [9.17, 15) is 12.8 Å². The van der Waals surface area contributed by atoms with Crippen LogP contribution in [-0.4, -0.2) is 26.0 Å². The molecule has 108 valence electrons. The summed E-state index contributed by atoms with van der Waals surface area (Å²) in [4.78, 5) is -0.294. The van der Waals surface area contributed by atoms with Gasteiger partial charge < -0.3 is 0 Å². The van der Waals surface area contributed by atoms with E-state index in [4.69, 9.17) is 0 Å². The van der Waals surface area contributed by atoms with Gasteiger partial charge in [0.05, 0.1) is 0 Å². The SMILES string of the molecule is CCC(CC)(CNS(=O)(=O)c1ccccc1F)SC. The fraction of sp³-hybridized carbons (Fsp3) is 0.538. The van der Waals surface area contributed by atoms with E-state index < -0.39 is 15.8 Å². The average Bonchev–Trinajstić information content (AvgIpc) is 2.41. The smallest absolute Gasteiger partial charge is 0.210 e. The van der Waals surface area contributed by atoms with Crippen molar-refractivity contribution >= 4 is 21.8 Å². The van der Waals surface area contributed by atoms with E-state index in [1.165, 1.54) is 18.2 Å². The second kappa shape index (κ2) is 6.72. The van der Waals surface area contributed by atoms with Crippen molar-refractivity contribution in [3.63, 3.8) is 0 Å². The van der Waals surface area contributed by atoms with Gasteiger partial charge in [0, 0.05) is 11.3 Å². The maximum Gasteiger partial charge on any atom is 0.243 e. The lowest BCUT2D eigenvalue weighted by Gasteiger charge is -2.29. The van der Waals surface area contributed by atoms with Crippen molar-refractivity contribution < 1.29 is 12.8 Å². The maximum absolute atomic E-state index is 13.5. The Balaban J connectivity index is 2.90. The standard InChI is InChI=1S/C13H20FNO2S2/c1-4-13(5-2,18-3)10-15-19(16,17)12-9-7-6-8-11(12)14/h6-9,15H,4-5,10H2,1-3H3. The molecule has 1 aromatic rings. The van der Waals surface area contributed by atoms with Gasteiger partial charge in [-0.1, -0.05) is 26.0 Å². The van der Waals surface area contributed by atoms with Crippen LogP contribution in [-0.2, 0) is 10.0 Å². The number of hydrogen-bond acceptors (Lipinski definition) is 3. The number of halogens is 1. The van der Waals surface area contributed by atoms with Gasteiger partial charge in [0.25, 0.3) is 0 Å². The zero-order valence-electron chi connectivity index (χ0n) is 11.4. The Morgan fingerprint density at radius 3 is 2.32 bits per heavy atom. The molecule has 0 saturated carbocycles. The summed E-state index contributed by atoms with van der Waals surface area (Å²) in [6.45, 7) is 4.35. The Morgan fingerprint density at radius 1 is 1.26 bits per heavy atom. The fourth-order valence-corrected chi connectivity index (χ4v) is 3.92. The van der Waals surface area contributed by atoms with Crippen LogP contribution in [0.15, 0.2) is 29.2 Å². The van der Waals surface area contributed by atoms with E-state index >= 15 is 0 Å². The summed E-state index contributed by atoms with van der Waals surface area (Å²) in [5.74, 6) is -0.724. The molecule has 0 atom stereocenters. The molecule has 0 fully saturated rings. The minimum Gasteiger partial charge on any atom is -0.210 e. The van der Waals surface area contributed by atoms with Crippen LogP contribution in [0, 0.1) is 5.82 Å². The third-order valence-corrected chi connectivity index (χ3v) is 6.45. The molecule has 19 heavy (non-hydrogen) atoms. The molecule has 0 aliphatic rings. The number of hydrogen-bond donors (Lipinski definition) is 1. The van der Waals surface area contributed by atoms with Gasteiger partial charge in [-0.05, 0) is 31.2 Å². The molecular formula is C13H20FNO2S2. The zero-order chi connectivity index (χ0) is 14.5. The topological polar surface area (TPSA) is 46.2 Å². The minimum absolute atomic E-state index is 0.141. The molecule has 0 aliphatic carbocycles. The Hall–Kier alpha value is -0.590. The normalized spacial score (nSPS) is 12.6. The third kappa shape index (κ3) is 3.94. The molecule has 0 spiro atoms. The fourth-order valence-electron chi connectivity index (χ4n) is 1.83. The van der Waals surface area contributed by atoms with Crippen LogP contribution in [0.3, 0.4) is 0 Å². The van der Waals surface area contributed by atoms with Crippen molar-refractivity contribution in [2.45, 2.75) is 36.3 Å². The molecular weight excluding hydrogens is 285 g/mol. The summed E-state index contributed by atoms with van der Waals surface area (Å²) in [5, 5.41) is 0. The largest absolute Gasteiger partial charge is 0.243 e. The number of benzene rings is 1. The molecule has 0 heterocycles. The highest BCUT2D eigenvalue weighted by Gasteiger charge is 2.28. The van der Waals surface area contributed by atoms with E-state index in [2.05, 4.69) is 4.72 Å². The summed E-state index contributed by atoms with van der Waals surface area (Å²) >= 11 is 1.64. The summed E-state index contributed by atoms with van der Waals surface area (Å²) in [7, 11) is -3.79. The van der Waals surface area contributed by atoms with Crippen LogP contribution in [0.5, 0.6) is 0 Å². The molecule has 0 aromatic heterocycles. The van der Waals surface area contributed by atoms with E-state index in [1.54, 1.807) is 11.8 Å². The zero-order valence-corrected chi connectivity index (χ0v) is 13.1. The first kappa shape index (κ1) is 16.5. The van der Waals surface area contributed by atoms with Crippen LogP contribution in [0.2, 0.25) is 0 Å². The van der Waals surface area contributed by atoms with Crippen LogP contribution < -0.4 is 4.72 Å². The van der Waals surface area contributed by atoms with Crippen molar-refractivity contribution in [2.75, 3.05) is 12.8 Å². The summed E-state index contributed by atoms with van der Waals surface area (Å²) < 4.78 is 40.1. The molecule has 3 nitrogen and oxygen atoms in total. The molecule has 0 bridgehead atoms. The third-order valence-electron chi connectivity index (χ3n) is 3.43. The van der Waals surface area contributed by atoms with Gasteiger partial charge in [0.1, 0.15) is 10.7 Å². The summed E-state index contributed by atoms with van der Waals surface area (Å²) in [6, 6.07) is 5.41.